The van der Waals surface area contributed by atoms with E-state index in [1.807, 2.05) is 0 Å². The molecule has 1 saturated heterocycles. The Morgan fingerprint density at radius 3 is 2.78 bits per heavy atom. The molecule has 0 radical (unpaired) electrons. The molecule has 0 amide bonds. The first-order chi connectivity index (χ1) is 8.83. The van der Waals surface area contributed by atoms with E-state index in [4.69, 9.17) is 0 Å². The summed E-state index contributed by atoms with van der Waals surface area (Å²) < 4.78 is 0. The zero-order valence-corrected chi connectivity index (χ0v) is 12.5. The van der Waals surface area contributed by atoms with Crippen molar-refractivity contribution in [3.63, 3.8) is 0 Å². The van der Waals surface area contributed by atoms with Gasteiger partial charge in [0.05, 0.1) is 0 Å². The fourth-order valence-electron chi connectivity index (χ4n) is 3.94. The van der Waals surface area contributed by atoms with Crippen LogP contribution in [0.1, 0.15) is 65.2 Å². The molecule has 0 aromatic heterocycles. The third kappa shape index (κ3) is 3.71. The second-order valence-corrected chi connectivity index (χ2v) is 6.40. The molecule has 2 rings (SSSR count). The minimum Gasteiger partial charge on any atom is -0.315 e. The van der Waals surface area contributed by atoms with Gasteiger partial charge in [-0.15, -0.1) is 0 Å². The first-order valence-electron chi connectivity index (χ1n) is 8.29. The van der Waals surface area contributed by atoms with E-state index in [9.17, 15) is 0 Å². The van der Waals surface area contributed by atoms with Crippen LogP contribution in [0, 0.1) is 5.92 Å². The Morgan fingerprint density at radius 1 is 1.17 bits per heavy atom. The normalized spacial score (nSPS) is 31.0. The summed E-state index contributed by atoms with van der Waals surface area (Å²) >= 11 is 0. The molecule has 0 bridgehead atoms. The van der Waals surface area contributed by atoms with Gasteiger partial charge < -0.3 is 5.32 Å². The van der Waals surface area contributed by atoms with Crippen LogP contribution in [-0.4, -0.2) is 36.6 Å². The highest BCUT2D eigenvalue weighted by molar-refractivity contribution is 4.89. The van der Waals surface area contributed by atoms with Crippen LogP contribution in [0.15, 0.2) is 0 Å². The van der Waals surface area contributed by atoms with E-state index in [2.05, 4.69) is 24.1 Å². The number of unbranched alkanes of at least 4 members (excludes halogenated alkanes) is 1. The fraction of sp³-hybridized carbons (Fsp3) is 1.00. The number of piperidine rings is 1. The maximum Gasteiger partial charge on any atom is 0.0195 e. The highest BCUT2D eigenvalue weighted by atomic mass is 15.2. The summed E-state index contributed by atoms with van der Waals surface area (Å²) in [6.07, 6.45) is 11.5. The minimum atomic E-state index is 0.729. The molecule has 1 unspecified atom stereocenters. The standard InChI is InChI=1S/C16H32N2/c1-3-4-11-17-13-14(2)18-12-7-9-15-8-5-6-10-16(15)18/h14-17H,3-13H2,1-2H3/t14?,15-,16-/m1/s1. The van der Waals surface area contributed by atoms with Gasteiger partial charge in [0.1, 0.15) is 0 Å². The van der Waals surface area contributed by atoms with Gasteiger partial charge in [-0.25, -0.2) is 0 Å². The van der Waals surface area contributed by atoms with Crippen LogP contribution in [0.5, 0.6) is 0 Å². The van der Waals surface area contributed by atoms with Gasteiger partial charge in [0, 0.05) is 18.6 Å². The number of hydrogen-bond acceptors (Lipinski definition) is 2. The molecule has 2 heteroatoms. The molecule has 1 aliphatic heterocycles. The van der Waals surface area contributed by atoms with Crippen LogP contribution in [-0.2, 0) is 0 Å². The Labute approximate surface area is 114 Å². The van der Waals surface area contributed by atoms with Crippen molar-refractivity contribution in [2.24, 2.45) is 5.92 Å². The van der Waals surface area contributed by atoms with Crippen LogP contribution >= 0.6 is 0 Å². The van der Waals surface area contributed by atoms with Gasteiger partial charge in [-0.2, -0.15) is 0 Å². The molecule has 2 fully saturated rings. The summed E-state index contributed by atoms with van der Waals surface area (Å²) in [7, 11) is 0. The van der Waals surface area contributed by atoms with Crippen molar-refractivity contribution in [1.29, 1.82) is 0 Å². The van der Waals surface area contributed by atoms with E-state index >= 15 is 0 Å². The number of rotatable bonds is 6. The van der Waals surface area contributed by atoms with Gasteiger partial charge in [0.15, 0.2) is 0 Å². The average Bonchev–Trinajstić information content (AvgIpc) is 2.43. The lowest BCUT2D eigenvalue weighted by molar-refractivity contribution is 0.0315. The van der Waals surface area contributed by atoms with Crippen LogP contribution in [0.25, 0.3) is 0 Å². The maximum absolute atomic E-state index is 3.64. The molecular weight excluding hydrogens is 220 g/mol. The van der Waals surface area contributed by atoms with E-state index < -0.39 is 0 Å². The van der Waals surface area contributed by atoms with E-state index in [1.165, 1.54) is 71.0 Å². The Kier molecular flexibility index (Phi) is 5.97. The molecule has 0 aromatic rings. The highest BCUT2D eigenvalue weighted by Gasteiger charge is 2.34. The molecule has 18 heavy (non-hydrogen) atoms. The predicted octanol–water partition coefficient (Wildman–Crippen LogP) is 3.42. The second-order valence-electron chi connectivity index (χ2n) is 6.40. The second kappa shape index (κ2) is 7.49. The fourth-order valence-corrected chi connectivity index (χ4v) is 3.94. The molecule has 2 nitrogen and oxygen atoms in total. The molecule has 1 aliphatic carbocycles. The van der Waals surface area contributed by atoms with E-state index in [0.29, 0.717) is 0 Å². The van der Waals surface area contributed by atoms with Crippen molar-refractivity contribution in [3.8, 4) is 0 Å². The molecule has 3 atom stereocenters. The highest BCUT2D eigenvalue weighted by Crippen LogP contribution is 2.36. The van der Waals surface area contributed by atoms with Crippen molar-refractivity contribution in [3.05, 3.63) is 0 Å². The number of hydrogen-bond donors (Lipinski definition) is 1. The maximum atomic E-state index is 3.64. The summed E-state index contributed by atoms with van der Waals surface area (Å²) in [6.45, 7) is 8.42. The van der Waals surface area contributed by atoms with Crippen molar-refractivity contribution < 1.29 is 0 Å². The summed E-state index contributed by atoms with van der Waals surface area (Å²) in [5, 5.41) is 3.64. The molecule has 1 N–H and O–H groups in total. The quantitative estimate of drug-likeness (QED) is 0.729. The molecule has 1 saturated carbocycles. The molecule has 1 heterocycles. The molecule has 2 aliphatic rings. The van der Waals surface area contributed by atoms with E-state index in [-0.39, 0.29) is 0 Å². The van der Waals surface area contributed by atoms with Crippen LogP contribution < -0.4 is 5.32 Å². The first-order valence-corrected chi connectivity index (χ1v) is 8.29. The SMILES string of the molecule is CCCCNCC(C)N1CCC[C@H]2CCCC[C@H]21. The zero-order valence-electron chi connectivity index (χ0n) is 12.5. The molecule has 0 aromatic carbocycles. The molecular formula is C16H32N2. The minimum absolute atomic E-state index is 0.729. The summed E-state index contributed by atoms with van der Waals surface area (Å²) in [5.41, 5.74) is 0. The van der Waals surface area contributed by atoms with E-state index in [0.717, 1.165) is 18.0 Å². The Morgan fingerprint density at radius 2 is 1.94 bits per heavy atom. The number of fused-ring (bicyclic) bond motifs is 1. The van der Waals surface area contributed by atoms with Gasteiger partial charge >= 0.3 is 0 Å². The Hall–Kier alpha value is -0.0800. The first kappa shape index (κ1) is 14.3. The van der Waals surface area contributed by atoms with Gasteiger partial charge in [-0.3, -0.25) is 4.90 Å². The number of likely N-dealkylation sites (tertiary alicyclic amines) is 1. The lowest BCUT2D eigenvalue weighted by Gasteiger charge is -2.47. The molecule has 106 valence electrons. The third-order valence-electron chi connectivity index (χ3n) is 5.00. The topological polar surface area (TPSA) is 15.3 Å². The van der Waals surface area contributed by atoms with E-state index in [1.54, 1.807) is 0 Å². The Bertz CT molecular complexity index is 227. The van der Waals surface area contributed by atoms with Crippen molar-refractivity contribution in [2.75, 3.05) is 19.6 Å². The zero-order chi connectivity index (χ0) is 12.8. The third-order valence-corrected chi connectivity index (χ3v) is 5.00. The lowest BCUT2D eigenvalue weighted by Crippen LogP contribution is -2.53. The number of nitrogens with zero attached hydrogens (tertiary/aromatic N) is 1. The molecule has 0 spiro atoms. The average molecular weight is 252 g/mol. The Balaban J connectivity index is 1.78. The lowest BCUT2D eigenvalue weighted by atomic mass is 9.78. The monoisotopic (exact) mass is 252 g/mol. The van der Waals surface area contributed by atoms with Gasteiger partial charge in [0.2, 0.25) is 0 Å². The van der Waals surface area contributed by atoms with Crippen molar-refractivity contribution in [2.45, 2.75) is 77.3 Å². The summed E-state index contributed by atoms with van der Waals surface area (Å²) in [5.74, 6) is 1.02. The van der Waals surface area contributed by atoms with Gasteiger partial charge in [-0.05, 0) is 58.0 Å². The summed E-state index contributed by atoms with van der Waals surface area (Å²) in [6, 6.07) is 1.64. The largest absolute Gasteiger partial charge is 0.315 e. The van der Waals surface area contributed by atoms with Gasteiger partial charge in [-0.1, -0.05) is 26.2 Å². The van der Waals surface area contributed by atoms with Crippen LogP contribution in [0.2, 0.25) is 0 Å². The van der Waals surface area contributed by atoms with Crippen LogP contribution in [0.4, 0.5) is 0 Å². The smallest absolute Gasteiger partial charge is 0.0195 e. The van der Waals surface area contributed by atoms with Gasteiger partial charge in [0.25, 0.3) is 0 Å². The summed E-state index contributed by atoms with van der Waals surface area (Å²) in [4.78, 5) is 2.83. The predicted molar refractivity (Wildman–Crippen MR) is 78.9 cm³/mol. The van der Waals surface area contributed by atoms with Crippen LogP contribution in [0.3, 0.4) is 0 Å². The van der Waals surface area contributed by atoms with Crippen molar-refractivity contribution >= 4 is 0 Å². The van der Waals surface area contributed by atoms with Crippen molar-refractivity contribution in [1.82, 2.24) is 10.2 Å². The number of nitrogens with one attached hydrogen (secondary N) is 1.